The normalized spacial score (nSPS) is 19.1. The molecule has 12 heavy (non-hydrogen) atoms. The fourth-order valence-corrected chi connectivity index (χ4v) is 0.384. The van der Waals surface area contributed by atoms with Crippen LogP contribution in [0.15, 0.2) is 12.0 Å². The summed E-state index contributed by atoms with van der Waals surface area (Å²) in [7, 11) is 0. The van der Waals surface area contributed by atoms with E-state index in [0.717, 1.165) is 0 Å². The van der Waals surface area contributed by atoms with Gasteiger partial charge in [-0.25, -0.2) is 0 Å². The molecule has 0 saturated carbocycles. The number of hydrogen-bond acceptors (Lipinski definition) is 4. The number of rotatable bonds is 1. The average Bonchev–Trinajstić information content (AvgIpc) is 2.06. The molecule has 70 valence electrons. The molecular weight excluding hydrogens is 193 g/mol. The highest BCUT2D eigenvalue weighted by Crippen LogP contribution is 2.29. The Balaban J connectivity index is 2.59. The SMILES string of the molecule is FC1=C(OC(F)(F)F)ON(F)O1. The maximum Gasteiger partial charge on any atom is 0.575 e. The van der Waals surface area contributed by atoms with Crippen LogP contribution in [0.1, 0.15) is 0 Å². The lowest BCUT2D eigenvalue weighted by Crippen LogP contribution is -2.14. The summed E-state index contributed by atoms with van der Waals surface area (Å²) >= 11 is 0. The molecule has 9 heteroatoms. The molecule has 1 aliphatic heterocycles. The highest BCUT2D eigenvalue weighted by Gasteiger charge is 2.40. The maximum absolute atomic E-state index is 12.0. The predicted octanol–water partition coefficient (Wildman–Crippen LogP) is 1.68. The topological polar surface area (TPSA) is 30.9 Å². The molecular formula is C3F5NO3. The van der Waals surface area contributed by atoms with Gasteiger partial charge in [-0.05, 0) is 0 Å². The molecule has 0 fully saturated rings. The van der Waals surface area contributed by atoms with Crippen molar-refractivity contribution in [1.82, 2.24) is 5.45 Å². The Labute approximate surface area is 61.5 Å². The third kappa shape index (κ3) is 2.12. The minimum atomic E-state index is -5.17. The highest BCUT2D eigenvalue weighted by atomic mass is 19.4. The van der Waals surface area contributed by atoms with Gasteiger partial charge in [0.25, 0.3) is 0 Å². The zero-order valence-corrected chi connectivity index (χ0v) is 5.06. The lowest BCUT2D eigenvalue weighted by molar-refractivity contribution is -0.431. The second-order valence-electron chi connectivity index (χ2n) is 1.50. The molecule has 0 spiro atoms. The first kappa shape index (κ1) is 8.84. The molecule has 0 aromatic carbocycles. The lowest BCUT2D eigenvalue weighted by Gasteiger charge is -2.05. The van der Waals surface area contributed by atoms with Gasteiger partial charge in [-0.1, -0.05) is 4.48 Å². The predicted molar refractivity (Wildman–Crippen MR) is 20.4 cm³/mol. The van der Waals surface area contributed by atoms with Gasteiger partial charge in [0, 0.05) is 0 Å². The van der Waals surface area contributed by atoms with Crippen LogP contribution in [0.5, 0.6) is 0 Å². The summed E-state index contributed by atoms with van der Waals surface area (Å²) in [6.45, 7) is 0. The number of halogens is 5. The summed E-state index contributed by atoms with van der Waals surface area (Å²) in [5.41, 5.74) is -1.11. The molecule has 0 saturated heterocycles. The van der Waals surface area contributed by atoms with E-state index in [2.05, 4.69) is 14.4 Å². The standard InChI is InChI=1S/C3F5NO3/c4-1-2(10-3(5,6)7)12-9(8)11-1. The molecule has 0 atom stereocenters. The molecule has 0 aromatic heterocycles. The Morgan fingerprint density at radius 3 is 2.17 bits per heavy atom. The Morgan fingerprint density at radius 1 is 1.25 bits per heavy atom. The van der Waals surface area contributed by atoms with Gasteiger partial charge in [0.15, 0.2) is 0 Å². The van der Waals surface area contributed by atoms with Crippen LogP contribution in [0, 0.1) is 0 Å². The molecule has 0 unspecified atom stereocenters. The molecule has 0 bridgehead atoms. The molecule has 0 radical (unpaired) electrons. The Morgan fingerprint density at radius 2 is 1.83 bits per heavy atom. The largest absolute Gasteiger partial charge is 0.575 e. The van der Waals surface area contributed by atoms with Crippen molar-refractivity contribution in [1.29, 1.82) is 0 Å². The summed E-state index contributed by atoms with van der Waals surface area (Å²) in [4.78, 5) is 6.61. The first-order chi connectivity index (χ1) is 5.38. The van der Waals surface area contributed by atoms with Gasteiger partial charge in [-0.2, -0.15) is 4.39 Å². The zero-order chi connectivity index (χ0) is 9.35. The second kappa shape index (κ2) is 2.66. The minimum absolute atomic E-state index is 1.11. The third-order valence-electron chi connectivity index (χ3n) is 0.676. The monoisotopic (exact) mass is 193 g/mol. The quantitative estimate of drug-likeness (QED) is 0.468. The van der Waals surface area contributed by atoms with Crippen molar-refractivity contribution in [2.75, 3.05) is 0 Å². The van der Waals surface area contributed by atoms with Crippen molar-refractivity contribution in [2.24, 2.45) is 0 Å². The van der Waals surface area contributed by atoms with Gasteiger partial charge in [0.05, 0.1) is 0 Å². The molecule has 0 aromatic rings. The highest BCUT2D eigenvalue weighted by molar-refractivity contribution is 4.85. The molecule has 0 amide bonds. The van der Waals surface area contributed by atoms with Crippen LogP contribution in [0.4, 0.5) is 22.0 Å². The Kier molecular flexibility index (Phi) is 1.96. The van der Waals surface area contributed by atoms with Crippen molar-refractivity contribution >= 4 is 0 Å². The Bertz CT molecular complexity index is 212. The van der Waals surface area contributed by atoms with Crippen LogP contribution >= 0.6 is 0 Å². The fraction of sp³-hybridized carbons (Fsp3) is 0.333. The van der Waals surface area contributed by atoms with Crippen LogP contribution in [-0.4, -0.2) is 11.8 Å². The van der Waals surface area contributed by atoms with Crippen molar-refractivity contribution < 1.29 is 36.5 Å². The molecule has 1 aliphatic rings. The van der Waals surface area contributed by atoms with E-state index < -0.39 is 23.8 Å². The van der Waals surface area contributed by atoms with Gasteiger partial charge in [-0.15, -0.1) is 13.2 Å². The van der Waals surface area contributed by atoms with Gasteiger partial charge in [0.1, 0.15) is 0 Å². The van der Waals surface area contributed by atoms with Crippen molar-refractivity contribution in [2.45, 2.75) is 6.36 Å². The van der Waals surface area contributed by atoms with Gasteiger partial charge in [-0.3, -0.25) is 4.84 Å². The van der Waals surface area contributed by atoms with Crippen molar-refractivity contribution in [3.63, 3.8) is 0 Å². The van der Waals surface area contributed by atoms with Crippen LogP contribution in [0.25, 0.3) is 0 Å². The second-order valence-corrected chi connectivity index (χ2v) is 1.50. The molecule has 0 N–H and O–H groups in total. The lowest BCUT2D eigenvalue weighted by atomic mass is 10.9. The summed E-state index contributed by atoms with van der Waals surface area (Å²) in [6.07, 6.45) is -5.17. The first-order valence-corrected chi connectivity index (χ1v) is 2.36. The van der Waals surface area contributed by atoms with E-state index in [4.69, 9.17) is 0 Å². The molecule has 1 rings (SSSR count). The third-order valence-corrected chi connectivity index (χ3v) is 0.676. The van der Waals surface area contributed by atoms with Gasteiger partial charge < -0.3 is 9.57 Å². The number of hydrogen-bond donors (Lipinski definition) is 0. The van der Waals surface area contributed by atoms with Crippen LogP contribution in [0.2, 0.25) is 0 Å². The first-order valence-electron chi connectivity index (χ1n) is 2.36. The van der Waals surface area contributed by atoms with Crippen molar-refractivity contribution in [3.05, 3.63) is 12.0 Å². The smallest absolute Gasteiger partial charge is 0.367 e. The summed E-state index contributed by atoms with van der Waals surface area (Å²) in [5, 5.41) is 0. The number of ether oxygens (including phenoxy) is 1. The van der Waals surface area contributed by atoms with E-state index in [1.54, 1.807) is 0 Å². The summed E-state index contributed by atoms with van der Waals surface area (Å²) in [6, 6.07) is -1.95. The molecule has 1 heterocycles. The van der Waals surface area contributed by atoms with E-state index in [1.807, 2.05) is 0 Å². The van der Waals surface area contributed by atoms with Crippen LogP contribution in [-0.2, 0) is 14.4 Å². The van der Waals surface area contributed by atoms with Crippen molar-refractivity contribution in [3.8, 4) is 0 Å². The maximum atomic E-state index is 12.0. The number of alkyl halides is 3. The van der Waals surface area contributed by atoms with E-state index in [0.29, 0.717) is 0 Å². The summed E-state index contributed by atoms with van der Waals surface area (Å²) in [5.74, 6) is -1.73. The van der Waals surface area contributed by atoms with E-state index in [9.17, 15) is 22.0 Å². The average molecular weight is 193 g/mol. The fourth-order valence-electron chi connectivity index (χ4n) is 0.384. The van der Waals surface area contributed by atoms with Crippen LogP contribution in [0.3, 0.4) is 0 Å². The van der Waals surface area contributed by atoms with E-state index in [1.165, 1.54) is 0 Å². The summed E-state index contributed by atoms with van der Waals surface area (Å²) < 4.78 is 60.4. The molecule has 0 aliphatic carbocycles. The molecule has 4 nitrogen and oxygen atoms in total. The van der Waals surface area contributed by atoms with Gasteiger partial charge in [0.2, 0.25) is 5.45 Å². The minimum Gasteiger partial charge on any atom is -0.367 e. The zero-order valence-electron chi connectivity index (χ0n) is 5.06. The Hall–Kier alpha value is -1.25. The van der Waals surface area contributed by atoms with Gasteiger partial charge >= 0.3 is 18.3 Å². The van der Waals surface area contributed by atoms with Crippen LogP contribution < -0.4 is 0 Å². The van der Waals surface area contributed by atoms with E-state index >= 15 is 0 Å². The van der Waals surface area contributed by atoms with E-state index in [-0.39, 0.29) is 0 Å². The number of nitrogens with zero attached hydrogens (tertiary/aromatic N) is 1.